The van der Waals surface area contributed by atoms with Crippen LogP contribution < -0.4 is 15.0 Å². The molecule has 3 heterocycles. The van der Waals surface area contributed by atoms with Gasteiger partial charge in [-0.1, -0.05) is 6.92 Å². The Balaban J connectivity index is 1.56. The standard InChI is InChI=1S/C16H26N4O/c1-2-12-21-15-5-9-18-16(19-15)20-10-6-13(7-11-20)14-4-3-8-17-14/h5,9,13-14,17H,2-4,6-8,10-12H2,1H3. The smallest absolute Gasteiger partial charge is 0.228 e. The number of nitrogens with zero attached hydrogens (tertiary/aromatic N) is 3. The lowest BCUT2D eigenvalue weighted by molar-refractivity contribution is 0.301. The van der Waals surface area contributed by atoms with Gasteiger partial charge in [-0.2, -0.15) is 4.98 Å². The van der Waals surface area contributed by atoms with Crippen LogP contribution in [0.5, 0.6) is 5.88 Å². The Bertz CT molecular complexity index is 440. The predicted molar refractivity (Wildman–Crippen MR) is 83.8 cm³/mol. The Morgan fingerprint density at radius 3 is 2.90 bits per heavy atom. The fraction of sp³-hybridized carbons (Fsp3) is 0.750. The average molecular weight is 290 g/mol. The number of anilines is 1. The zero-order chi connectivity index (χ0) is 14.5. The summed E-state index contributed by atoms with van der Waals surface area (Å²) in [5, 5.41) is 3.64. The molecule has 21 heavy (non-hydrogen) atoms. The van der Waals surface area contributed by atoms with E-state index in [1.54, 1.807) is 6.20 Å². The van der Waals surface area contributed by atoms with E-state index in [0.717, 1.165) is 37.4 Å². The Labute approximate surface area is 127 Å². The average Bonchev–Trinajstić information content (AvgIpc) is 3.08. The molecule has 0 aromatic carbocycles. The van der Waals surface area contributed by atoms with Gasteiger partial charge in [0.1, 0.15) is 0 Å². The molecule has 116 valence electrons. The van der Waals surface area contributed by atoms with Gasteiger partial charge in [0.15, 0.2) is 0 Å². The van der Waals surface area contributed by atoms with E-state index >= 15 is 0 Å². The van der Waals surface area contributed by atoms with Crippen molar-refractivity contribution in [1.29, 1.82) is 0 Å². The van der Waals surface area contributed by atoms with Crippen LogP contribution in [0.3, 0.4) is 0 Å². The van der Waals surface area contributed by atoms with Gasteiger partial charge in [-0.05, 0) is 44.6 Å². The number of hydrogen-bond acceptors (Lipinski definition) is 5. The largest absolute Gasteiger partial charge is 0.478 e. The summed E-state index contributed by atoms with van der Waals surface area (Å²) in [5.74, 6) is 2.34. The Hall–Kier alpha value is -1.36. The van der Waals surface area contributed by atoms with Crippen LogP contribution in [0.2, 0.25) is 0 Å². The molecule has 1 unspecified atom stereocenters. The summed E-state index contributed by atoms with van der Waals surface area (Å²) in [5.41, 5.74) is 0. The highest BCUT2D eigenvalue weighted by Crippen LogP contribution is 2.27. The Kier molecular flexibility index (Phi) is 4.91. The van der Waals surface area contributed by atoms with Gasteiger partial charge < -0.3 is 15.0 Å². The second-order valence-corrected chi connectivity index (χ2v) is 6.07. The summed E-state index contributed by atoms with van der Waals surface area (Å²) in [4.78, 5) is 11.2. The molecule has 1 aromatic rings. The fourth-order valence-electron chi connectivity index (χ4n) is 3.39. The van der Waals surface area contributed by atoms with Crippen LogP contribution in [0, 0.1) is 5.92 Å². The molecule has 0 amide bonds. The van der Waals surface area contributed by atoms with Crippen LogP contribution in [-0.2, 0) is 0 Å². The molecular formula is C16H26N4O. The minimum Gasteiger partial charge on any atom is -0.478 e. The van der Waals surface area contributed by atoms with Crippen molar-refractivity contribution in [3.05, 3.63) is 12.3 Å². The molecule has 5 nitrogen and oxygen atoms in total. The maximum Gasteiger partial charge on any atom is 0.228 e. The van der Waals surface area contributed by atoms with Gasteiger partial charge in [-0.15, -0.1) is 0 Å². The molecule has 5 heteroatoms. The number of hydrogen-bond donors (Lipinski definition) is 1. The van der Waals surface area contributed by atoms with Crippen LogP contribution in [-0.4, -0.2) is 42.3 Å². The number of nitrogens with one attached hydrogen (secondary N) is 1. The van der Waals surface area contributed by atoms with E-state index in [2.05, 4.69) is 27.1 Å². The lowest BCUT2D eigenvalue weighted by Crippen LogP contribution is -2.41. The van der Waals surface area contributed by atoms with Crippen molar-refractivity contribution < 1.29 is 4.74 Å². The maximum atomic E-state index is 5.60. The molecule has 2 fully saturated rings. The molecule has 3 rings (SSSR count). The molecule has 0 bridgehead atoms. The Morgan fingerprint density at radius 2 is 2.19 bits per heavy atom. The molecule has 2 saturated heterocycles. The topological polar surface area (TPSA) is 50.3 Å². The maximum absolute atomic E-state index is 5.60. The number of piperidine rings is 1. The van der Waals surface area contributed by atoms with Crippen LogP contribution in [0.25, 0.3) is 0 Å². The van der Waals surface area contributed by atoms with E-state index in [4.69, 9.17) is 4.74 Å². The molecule has 2 aliphatic heterocycles. The summed E-state index contributed by atoms with van der Waals surface area (Å²) in [6.45, 7) is 6.13. The van der Waals surface area contributed by atoms with Crippen LogP contribution >= 0.6 is 0 Å². The summed E-state index contributed by atoms with van der Waals surface area (Å²) < 4.78 is 5.60. The fourth-order valence-corrected chi connectivity index (χ4v) is 3.39. The molecule has 0 saturated carbocycles. The summed E-state index contributed by atoms with van der Waals surface area (Å²) in [7, 11) is 0. The molecule has 2 aliphatic rings. The quantitative estimate of drug-likeness (QED) is 0.901. The third kappa shape index (κ3) is 3.64. The molecule has 0 aliphatic carbocycles. The first-order chi connectivity index (χ1) is 10.4. The zero-order valence-corrected chi connectivity index (χ0v) is 12.9. The van der Waals surface area contributed by atoms with E-state index < -0.39 is 0 Å². The van der Waals surface area contributed by atoms with Gasteiger partial charge in [-0.25, -0.2) is 4.98 Å². The normalized spacial score (nSPS) is 23.5. The van der Waals surface area contributed by atoms with E-state index in [1.807, 2.05) is 6.07 Å². The van der Waals surface area contributed by atoms with Gasteiger partial charge in [0.2, 0.25) is 11.8 Å². The molecule has 1 N–H and O–H groups in total. The second kappa shape index (κ2) is 7.07. The van der Waals surface area contributed by atoms with Crippen molar-refractivity contribution in [3.63, 3.8) is 0 Å². The zero-order valence-electron chi connectivity index (χ0n) is 12.9. The van der Waals surface area contributed by atoms with Gasteiger partial charge in [0.25, 0.3) is 0 Å². The molecule has 0 radical (unpaired) electrons. The third-order valence-electron chi connectivity index (χ3n) is 4.56. The highest BCUT2D eigenvalue weighted by atomic mass is 16.5. The van der Waals surface area contributed by atoms with E-state index in [1.165, 1.54) is 32.2 Å². The number of ether oxygens (including phenoxy) is 1. The lowest BCUT2D eigenvalue weighted by Gasteiger charge is -2.34. The van der Waals surface area contributed by atoms with Crippen molar-refractivity contribution >= 4 is 5.95 Å². The van der Waals surface area contributed by atoms with Crippen molar-refractivity contribution in [1.82, 2.24) is 15.3 Å². The second-order valence-electron chi connectivity index (χ2n) is 6.07. The van der Waals surface area contributed by atoms with Crippen LogP contribution in [0.4, 0.5) is 5.95 Å². The predicted octanol–water partition coefficient (Wildman–Crippen LogP) is 2.23. The van der Waals surface area contributed by atoms with Crippen molar-refractivity contribution in [2.75, 3.05) is 31.1 Å². The van der Waals surface area contributed by atoms with Gasteiger partial charge >= 0.3 is 0 Å². The highest BCUT2D eigenvalue weighted by Gasteiger charge is 2.29. The SMILES string of the molecule is CCCOc1ccnc(N2CCC(C3CCCN3)CC2)n1. The Morgan fingerprint density at radius 1 is 1.33 bits per heavy atom. The van der Waals surface area contributed by atoms with Crippen LogP contribution in [0.1, 0.15) is 39.0 Å². The van der Waals surface area contributed by atoms with Crippen molar-refractivity contribution in [2.24, 2.45) is 5.92 Å². The van der Waals surface area contributed by atoms with Crippen molar-refractivity contribution in [3.8, 4) is 5.88 Å². The first-order valence-corrected chi connectivity index (χ1v) is 8.31. The molecule has 1 atom stereocenters. The van der Waals surface area contributed by atoms with Gasteiger partial charge in [-0.3, -0.25) is 0 Å². The third-order valence-corrected chi connectivity index (χ3v) is 4.56. The van der Waals surface area contributed by atoms with Crippen LogP contribution in [0.15, 0.2) is 12.3 Å². The lowest BCUT2D eigenvalue weighted by atomic mass is 9.89. The van der Waals surface area contributed by atoms with Gasteiger partial charge in [0.05, 0.1) is 6.61 Å². The van der Waals surface area contributed by atoms with Gasteiger partial charge in [0, 0.05) is 31.4 Å². The van der Waals surface area contributed by atoms with E-state index in [9.17, 15) is 0 Å². The molecule has 1 aromatic heterocycles. The molecular weight excluding hydrogens is 264 g/mol. The summed E-state index contributed by atoms with van der Waals surface area (Å²) >= 11 is 0. The van der Waals surface area contributed by atoms with E-state index in [0.29, 0.717) is 12.5 Å². The number of rotatable bonds is 5. The summed E-state index contributed by atoms with van der Waals surface area (Å²) in [6.07, 6.45) is 7.96. The first kappa shape index (κ1) is 14.6. The first-order valence-electron chi connectivity index (χ1n) is 8.31. The number of aromatic nitrogens is 2. The monoisotopic (exact) mass is 290 g/mol. The minimum absolute atomic E-state index is 0.696. The molecule has 0 spiro atoms. The summed E-state index contributed by atoms with van der Waals surface area (Å²) in [6, 6.07) is 2.58. The van der Waals surface area contributed by atoms with Crippen molar-refractivity contribution in [2.45, 2.75) is 45.1 Å². The highest BCUT2D eigenvalue weighted by molar-refractivity contribution is 5.32. The van der Waals surface area contributed by atoms with E-state index in [-0.39, 0.29) is 0 Å². The minimum atomic E-state index is 0.696.